The summed E-state index contributed by atoms with van der Waals surface area (Å²) in [6.07, 6.45) is -0.892. The topological polar surface area (TPSA) is 29.5 Å². The highest BCUT2D eigenvalue weighted by atomic mass is 35.5. The number of aliphatic hydroxyl groups excluding tert-OH is 1. The molecule has 0 spiro atoms. The number of hydrogen-bond acceptors (Lipinski definition) is 2. The minimum atomic E-state index is -0.892. The molecule has 2 aromatic carbocycles. The number of benzene rings is 2. The third kappa shape index (κ3) is 3.26. The molecule has 5 heteroatoms. The first-order valence-corrected chi connectivity index (χ1v) is 6.40. The molecule has 0 amide bonds. The molecule has 0 aliphatic carbocycles. The summed E-state index contributed by atoms with van der Waals surface area (Å²) in [6, 6.07) is 8.13. The van der Waals surface area contributed by atoms with Crippen molar-refractivity contribution in [3.05, 3.63) is 64.2 Å². The summed E-state index contributed by atoms with van der Waals surface area (Å²) in [5, 5.41) is 9.84. The molecule has 0 aromatic heterocycles. The van der Waals surface area contributed by atoms with Crippen molar-refractivity contribution in [2.45, 2.75) is 19.6 Å². The lowest BCUT2D eigenvalue weighted by atomic mass is 10.1. The van der Waals surface area contributed by atoms with E-state index in [0.717, 1.165) is 0 Å². The lowest BCUT2D eigenvalue weighted by Crippen LogP contribution is -2.03. The zero-order chi connectivity index (χ0) is 14.7. The van der Waals surface area contributed by atoms with Crippen molar-refractivity contribution >= 4 is 11.6 Å². The van der Waals surface area contributed by atoms with Gasteiger partial charge in [0.05, 0.1) is 11.1 Å². The lowest BCUT2D eigenvalue weighted by molar-refractivity contribution is 0.189. The quantitative estimate of drug-likeness (QED) is 0.914. The molecule has 1 unspecified atom stereocenters. The fourth-order valence-electron chi connectivity index (χ4n) is 1.80. The SMILES string of the molecule is CC(O)c1cc(F)ccc1OCc1c(F)cccc1Cl. The van der Waals surface area contributed by atoms with Gasteiger partial charge in [-0.2, -0.15) is 0 Å². The predicted molar refractivity (Wildman–Crippen MR) is 72.8 cm³/mol. The van der Waals surface area contributed by atoms with Crippen molar-refractivity contribution in [2.75, 3.05) is 0 Å². The van der Waals surface area contributed by atoms with Gasteiger partial charge in [0.2, 0.25) is 0 Å². The molecule has 0 bridgehead atoms. The highest BCUT2D eigenvalue weighted by Crippen LogP contribution is 2.28. The second-order valence-corrected chi connectivity index (χ2v) is 4.75. The molecule has 1 N–H and O–H groups in total. The minimum Gasteiger partial charge on any atom is -0.488 e. The summed E-state index contributed by atoms with van der Waals surface area (Å²) >= 11 is 5.89. The molecule has 2 rings (SSSR count). The van der Waals surface area contributed by atoms with Crippen LogP contribution in [0.15, 0.2) is 36.4 Å². The molecular weight excluding hydrogens is 286 g/mol. The molecule has 1 atom stereocenters. The normalized spacial score (nSPS) is 12.2. The van der Waals surface area contributed by atoms with Crippen LogP contribution in [0.1, 0.15) is 24.2 Å². The molecule has 20 heavy (non-hydrogen) atoms. The van der Waals surface area contributed by atoms with Crippen LogP contribution in [0.2, 0.25) is 5.02 Å². The number of ether oxygens (including phenoxy) is 1. The molecule has 106 valence electrons. The summed E-state index contributed by atoms with van der Waals surface area (Å²) in [6.45, 7) is 1.40. The Morgan fingerprint density at radius 2 is 2.00 bits per heavy atom. The van der Waals surface area contributed by atoms with Crippen molar-refractivity contribution in [3.63, 3.8) is 0 Å². The molecule has 2 nitrogen and oxygen atoms in total. The van der Waals surface area contributed by atoms with Gasteiger partial charge in [-0.1, -0.05) is 17.7 Å². The van der Waals surface area contributed by atoms with E-state index in [1.165, 1.54) is 37.3 Å². The Morgan fingerprint density at radius 3 is 2.65 bits per heavy atom. The second-order valence-electron chi connectivity index (χ2n) is 4.35. The van der Waals surface area contributed by atoms with Gasteiger partial charge >= 0.3 is 0 Å². The Bertz CT molecular complexity index is 595. The first-order valence-electron chi connectivity index (χ1n) is 6.02. The molecule has 2 aromatic rings. The second kappa shape index (κ2) is 6.20. The van der Waals surface area contributed by atoms with Gasteiger partial charge in [0.1, 0.15) is 24.0 Å². The standard InChI is InChI=1S/C15H13ClF2O2/c1-9(19)11-7-10(17)5-6-15(11)20-8-12-13(16)3-2-4-14(12)18/h2-7,9,19H,8H2,1H3. The van der Waals surface area contributed by atoms with E-state index in [1.807, 2.05) is 0 Å². The van der Waals surface area contributed by atoms with Crippen molar-refractivity contribution in [1.29, 1.82) is 0 Å². The van der Waals surface area contributed by atoms with Gasteiger partial charge in [0.15, 0.2) is 0 Å². The maximum Gasteiger partial charge on any atom is 0.131 e. The zero-order valence-electron chi connectivity index (χ0n) is 10.7. The van der Waals surface area contributed by atoms with E-state index in [4.69, 9.17) is 16.3 Å². The van der Waals surface area contributed by atoms with Crippen LogP contribution < -0.4 is 4.74 Å². The molecule has 0 aliphatic heterocycles. The van der Waals surface area contributed by atoms with E-state index in [2.05, 4.69) is 0 Å². The number of aliphatic hydroxyl groups is 1. The maximum absolute atomic E-state index is 13.6. The van der Waals surface area contributed by atoms with Gasteiger partial charge in [0.25, 0.3) is 0 Å². The summed E-state index contributed by atoms with van der Waals surface area (Å²) in [4.78, 5) is 0. The van der Waals surface area contributed by atoms with E-state index in [1.54, 1.807) is 6.07 Å². The number of hydrogen-bond donors (Lipinski definition) is 1. The van der Waals surface area contributed by atoms with Crippen molar-refractivity contribution in [1.82, 2.24) is 0 Å². The molecule has 0 fully saturated rings. The van der Waals surface area contributed by atoms with E-state index >= 15 is 0 Å². The smallest absolute Gasteiger partial charge is 0.131 e. The highest BCUT2D eigenvalue weighted by molar-refractivity contribution is 6.31. The summed E-state index contributed by atoms with van der Waals surface area (Å²) < 4.78 is 32.2. The zero-order valence-corrected chi connectivity index (χ0v) is 11.5. The van der Waals surface area contributed by atoms with Crippen LogP contribution in [0.5, 0.6) is 5.75 Å². The Labute approximate surface area is 120 Å². The van der Waals surface area contributed by atoms with Crippen molar-refractivity contribution in [2.24, 2.45) is 0 Å². The largest absolute Gasteiger partial charge is 0.488 e. The Hall–Kier alpha value is -1.65. The van der Waals surface area contributed by atoms with E-state index in [0.29, 0.717) is 11.3 Å². The average molecular weight is 299 g/mol. The van der Waals surface area contributed by atoms with Crippen LogP contribution >= 0.6 is 11.6 Å². The van der Waals surface area contributed by atoms with Gasteiger partial charge in [0, 0.05) is 11.1 Å². The minimum absolute atomic E-state index is 0.100. The molecule has 0 saturated carbocycles. The maximum atomic E-state index is 13.6. The summed E-state index contributed by atoms with van der Waals surface area (Å²) in [7, 11) is 0. The predicted octanol–water partition coefficient (Wildman–Crippen LogP) is 4.25. The first kappa shape index (κ1) is 14.8. The molecular formula is C15H13ClF2O2. The van der Waals surface area contributed by atoms with Gasteiger partial charge in [-0.05, 0) is 37.3 Å². The third-order valence-electron chi connectivity index (χ3n) is 2.86. The van der Waals surface area contributed by atoms with Crippen LogP contribution in [-0.4, -0.2) is 5.11 Å². The molecule has 0 radical (unpaired) electrons. The van der Waals surface area contributed by atoms with Crippen molar-refractivity contribution < 1.29 is 18.6 Å². The Balaban J connectivity index is 2.23. The molecule has 0 saturated heterocycles. The van der Waals surface area contributed by atoms with E-state index in [-0.39, 0.29) is 17.2 Å². The number of halogens is 3. The van der Waals surface area contributed by atoms with Gasteiger partial charge in [-0.3, -0.25) is 0 Å². The number of rotatable bonds is 4. The van der Waals surface area contributed by atoms with Crippen LogP contribution in [0, 0.1) is 11.6 Å². The Kier molecular flexibility index (Phi) is 4.57. The lowest BCUT2D eigenvalue weighted by Gasteiger charge is -2.14. The van der Waals surface area contributed by atoms with Gasteiger partial charge < -0.3 is 9.84 Å². The van der Waals surface area contributed by atoms with Crippen LogP contribution in [0.25, 0.3) is 0 Å². The summed E-state index contributed by atoms with van der Waals surface area (Å²) in [5.41, 5.74) is 0.521. The Morgan fingerprint density at radius 1 is 1.25 bits per heavy atom. The average Bonchev–Trinajstić information content (AvgIpc) is 2.39. The van der Waals surface area contributed by atoms with Gasteiger partial charge in [-0.15, -0.1) is 0 Å². The fraction of sp³-hybridized carbons (Fsp3) is 0.200. The summed E-state index contributed by atoms with van der Waals surface area (Å²) in [5.74, 6) is -0.656. The highest BCUT2D eigenvalue weighted by Gasteiger charge is 2.13. The third-order valence-corrected chi connectivity index (χ3v) is 3.21. The first-order chi connectivity index (χ1) is 9.49. The molecule has 0 aliphatic rings. The van der Waals surface area contributed by atoms with Crippen LogP contribution in [0.4, 0.5) is 8.78 Å². The molecule has 0 heterocycles. The van der Waals surface area contributed by atoms with Gasteiger partial charge in [-0.25, -0.2) is 8.78 Å². The van der Waals surface area contributed by atoms with Crippen LogP contribution in [0.3, 0.4) is 0 Å². The monoisotopic (exact) mass is 298 g/mol. The van der Waals surface area contributed by atoms with Crippen LogP contribution in [-0.2, 0) is 6.61 Å². The van der Waals surface area contributed by atoms with Crippen molar-refractivity contribution in [3.8, 4) is 5.75 Å². The fourth-order valence-corrected chi connectivity index (χ4v) is 2.01. The van der Waals surface area contributed by atoms with E-state index < -0.39 is 17.7 Å². The van der Waals surface area contributed by atoms with E-state index in [9.17, 15) is 13.9 Å².